The van der Waals surface area contributed by atoms with E-state index < -0.39 is 11.5 Å². The third kappa shape index (κ3) is 3.68. The second-order valence-electron chi connectivity index (χ2n) is 5.88. The minimum Gasteiger partial charge on any atom is -0.480 e. The van der Waals surface area contributed by atoms with Gasteiger partial charge in [0.1, 0.15) is 5.54 Å². The molecule has 2 fully saturated rings. The van der Waals surface area contributed by atoms with Crippen LogP contribution in [0.2, 0.25) is 0 Å². The number of nitrogens with one attached hydrogen (secondary N) is 1. The number of carbonyl (C=O) groups is 1. The zero-order valence-electron chi connectivity index (χ0n) is 12.0. The first-order valence-corrected chi connectivity index (χ1v) is 7.36. The van der Waals surface area contributed by atoms with Crippen molar-refractivity contribution in [2.45, 2.75) is 56.7 Å². The van der Waals surface area contributed by atoms with Gasteiger partial charge in [-0.3, -0.25) is 10.1 Å². The molecule has 2 rings (SSSR count). The molecule has 110 valence electrons. The molecular weight excluding hydrogens is 244 g/mol. The van der Waals surface area contributed by atoms with Crippen LogP contribution in [0.5, 0.6) is 0 Å². The van der Waals surface area contributed by atoms with Crippen molar-refractivity contribution in [1.29, 1.82) is 0 Å². The van der Waals surface area contributed by atoms with Gasteiger partial charge in [-0.05, 0) is 46.1 Å². The zero-order valence-corrected chi connectivity index (χ0v) is 12.0. The number of rotatable bonds is 8. The molecule has 0 aromatic rings. The second-order valence-corrected chi connectivity index (χ2v) is 5.88. The Labute approximate surface area is 115 Å². The lowest BCUT2D eigenvalue weighted by Gasteiger charge is -2.29. The molecule has 2 unspecified atom stereocenters. The van der Waals surface area contributed by atoms with Gasteiger partial charge < -0.3 is 14.7 Å². The van der Waals surface area contributed by atoms with Crippen LogP contribution < -0.4 is 5.32 Å². The van der Waals surface area contributed by atoms with Crippen molar-refractivity contribution in [1.82, 2.24) is 10.2 Å². The third-order valence-electron chi connectivity index (χ3n) is 4.37. The summed E-state index contributed by atoms with van der Waals surface area (Å²) in [7, 11) is 2.07. The molecule has 2 aliphatic rings. The Morgan fingerprint density at radius 3 is 2.79 bits per heavy atom. The monoisotopic (exact) mass is 270 g/mol. The predicted octanol–water partition coefficient (Wildman–Crippen LogP) is 1.08. The topological polar surface area (TPSA) is 61.8 Å². The van der Waals surface area contributed by atoms with Crippen LogP contribution in [0.1, 0.15) is 39.0 Å². The number of nitrogens with zero attached hydrogens (tertiary/aromatic N) is 1. The molecular formula is C14H26N2O3. The van der Waals surface area contributed by atoms with Crippen molar-refractivity contribution in [2.24, 2.45) is 0 Å². The summed E-state index contributed by atoms with van der Waals surface area (Å²) in [4.78, 5) is 13.9. The molecule has 2 atom stereocenters. The Balaban J connectivity index is 1.86. The van der Waals surface area contributed by atoms with Crippen molar-refractivity contribution in [3.8, 4) is 0 Å². The molecule has 2 aliphatic carbocycles. The van der Waals surface area contributed by atoms with Crippen LogP contribution in [0.15, 0.2) is 0 Å². The number of carboxylic acids is 1. The molecule has 5 heteroatoms. The van der Waals surface area contributed by atoms with Crippen molar-refractivity contribution < 1.29 is 14.6 Å². The predicted molar refractivity (Wildman–Crippen MR) is 73.3 cm³/mol. The number of carboxylic acid groups (broad SMARTS) is 1. The maximum absolute atomic E-state index is 11.6. The lowest BCUT2D eigenvalue weighted by molar-refractivity contribution is -0.145. The number of hydrogen-bond donors (Lipinski definition) is 2. The van der Waals surface area contributed by atoms with E-state index >= 15 is 0 Å². The summed E-state index contributed by atoms with van der Waals surface area (Å²) >= 11 is 0. The molecule has 0 spiro atoms. The van der Waals surface area contributed by atoms with Crippen LogP contribution in [0.4, 0.5) is 0 Å². The average molecular weight is 270 g/mol. The third-order valence-corrected chi connectivity index (χ3v) is 4.37. The Kier molecular flexibility index (Phi) is 4.81. The zero-order chi connectivity index (χ0) is 13.9. The summed E-state index contributed by atoms with van der Waals surface area (Å²) in [6.07, 6.45) is 4.65. The molecule has 2 saturated carbocycles. The fourth-order valence-electron chi connectivity index (χ4n) is 2.94. The molecule has 0 radical (unpaired) electrons. The normalized spacial score (nSPS) is 31.0. The fraction of sp³-hybridized carbons (Fsp3) is 0.929. The van der Waals surface area contributed by atoms with E-state index in [1.54, 1.807) is 0 Å². The van der Waals surface area contributed by atoms with E-state index in [-0.39, 0.29) is 0 Å². The minimum absolute atomic E-state index is 0.350. The van der Waals surface area contributed by atoms with E-state index in [2.05, 4.69) is 17.3 Å². The summed E-state index contributed by atoms with van der Waals surface area (Å²) in [5.41, 5.74) is -0.689. The van der Waals surface area contributed by atoms with Gasteiger partial charge in [0.05, 0.1) is 6.61 Å². The minimum atomic E-state index is -0.689. The highest BCUT2D eigenvalue weighted by Gasteiger charge is 2.48. The van der Waals surface area contributed by atoms with Crippen molar-refractivity contribution in [3.05, 3.63) is 0 Å². The van der Waals surface area contributed by atoms with Crippen LogP contribution in [0, 0.1) is 0 Å². The smallest absolute Gasteiger partial charge is 0.323 e. The fourth-order valence-corrected chi connectivity index (χ4v) is 2.94. The first-order valence-electron chi connectivity index (χ1n) is 7.36. The number of ether oxygens (including phenoxy) is 1. The lowest BCUT2D eigenvalue weighted by Crippen LogP contribution is -2.52. The summed E-state index contributed by atoms with van der Waals surface area (Å²) < 4.78 is 5.36. The van der Waals surface area contributed by atoms with Crippen LogP contribution in [-0.4, -0.2) is 60.4 Å². The van der Waals surface area contributed by atoms with Crippen LogP contribution in [0.3, 0.4) is 0 Å². The van der Waals surface area contributed by atoms with E-state index in [9.17, 15) is 9.90 Å². The van der Waals surface area contributed by atoms with Gasteiger partial charge in [0.25, 0.3) is 0 Å². The highest BCUT2D eigenvalue weighted by atomic mass is 16.5. The van der Waals surface area contributed by atoms with E-state index in [4.69, 9.17) is 4.74 Å². The molecule has 0 saturated heterocycles. The SMILES string of the molecule is CCOCCN(C)C1CCC(NC2CC2)(C(=O)O)C1. The van der Waals surface area contributed by atoms with Gasteiger partial charge in [0.2, 0.25) is 0 Å². The molecule has 0 aromatic carbocycles. The highest BCUT2D eigenvalue weighted by molar-refractivity contribution is 5.79. The van der Waals surface area contributed by atoms with Crippen molar-refractivity contribution in [3.63, 3.8) is 0 Å². The summed E-state index contributed by atoms with van der Waals surface area (Å²) in [6.45, 7) is 4.32. The standard InChI is InChI=1S/C14H26N2O3/c1-3-19-9-8-16(2)12-6-7-14(10-12,13(17)18)15-11-4-5-11/h11-12,15H,3-10H2,1-2H3,(H,17,18). The first kappa shape index (κ1) is 14.8. The molecule has 0 aromatic heterocycles. The van der Waals surface area contributed by atoms with E-state index in [1.165, 1.54) is 0 Å². The largest absolute Gasteiger partial charge is 0.480 e. The second kappa shape index (κ2) is 6.20. The average Bonchev–Trinajstić information content (AvgIpc) is 3.06. The van der Waals surface area contributed by atoms with E-state index in [0.717, 1.165) is 45.4 Å². The molecule has 0 aliphatic heterocycles. The number of hydrogen-bond acceptors (Lipinski definition) is 4. The number of aliphatic carboxylic acids is 1. The van der Waals surface area contributed by atoms with Crippen LogP contribution >= 0.6 is 0 Å². The maximum atomic E-state index is 11.6. The Morgan fingerprint density at radius 1 is 1.47 bits per heavy atom. The molecule has 2 N–H and O–H groups in total. The van der Waals surface area contributed by atoms with Gasteiger partial charge >= 0.3 is 5.97 Å². The van der Waals surface area contributed by atoms with Gasteiger partial charge in [0.15, 0.2) is 0 Å². The van der Waals surface area contributed by atoms with Gasteiger partial charge in [-0.1, -0.05) is 0 Å². The maximum Gasteiger partial charge on any atom is 0.323 e. The molecule has 19 heavy (non-hydrogen) atoms. The Bertz CT molecular complexity index is 320. The van der Waals surface area contributed by atoms with Crippen molar-refractivity contribution in [2.75, 3.05) is 26.8 Å². The quantitative estimate of drug-likeness (QED) is 0.646. The Hall–Kier alpha value is -0.650. The molecule has 5 nitrogen and oxygen atoms in total. The van der Waals surface area contributed by atoms with Gasteiger partial charge in [-0.25, -0.2) is 0 Å². The molecule has 0 heterocycles. The highest BCUT2D eigenvalue weighted by Crippen LogP contribution is 2.36. The number of likely N-dealkylation sites (N-methyl/N-ethyl adjacent to an activating group) is 1. The Morgan fingerprint density at radius 2 is 2.21 bits per heavy atom. The first-order chi connectivity index (χ1) is 9.07. The van der Waals surface area contributed by atoms with Crippen molar-refractivity contribution >= 4 is 5.97 Å². The van der Waals surface area contributed by atoms with Gasteiger partial charge in [0, 0.05) is 25.2 Å². The molecule has 0 amide bonds. The molecule has 0 bridgehead atoms. The van der Waals surface area contributed by atoms with E-state index in [1.807, 2.05) is 6.92 Å². The van der Waals surface area contributed by atoms with Crippen LogP contribution in [-0.2, 0) is 9.53 Å². The van der Waals surface area contributed by atoms with Gasteiger partial charge in [-0.2, -0.15) is 0 Å². The summed E-state index contributed by atoms with van der Waals surface area (Å²) in [5, 5.41) is 12.9. The van der Waals surface area contributed by atoms with Crippen LogP contribution in [0.25, 0.3) is 0 Å². The van der Waals surface area contributed by atoms with E-state index in [0.29, 0.717) is 18.5 Å². The lowest BCUT2D eigenvalue weighted by atomic mass is 9.97. The summed E-state index contributed by atoms with van der Waals surface area (Å²) in [6, 6.07) is 0.784. The summed E-state index contributed by atoms with van der Waals surface area (Å²) in [5.74, 6) is -0.680. The van der Waals surface area contributed by atoms with Gasteiger partial charge in [-0.15, -0.1) is 0 Å².